The monoisotopic (exact) mass is 234 g/mol. The summed E-state index contributed by atoms with van der Waals surface area (Å²) >= 11 is 0. The highest BCUT2D eigenvalue weighted by Crippen LogP contribution is 2.31. The van der Waals surface area contributed by atoms with Gasteiger partial charge in [-0.25, -0.2) is 0 Å². The zero-order valence-electron chi connectivity index (χ0n) is 9.77. The van der Waals surface area contributed by atoms with Gasteiger partial charge in [0.2, 0.25) is 5.91 Å². The number of benzene rings is 1. The van der Waals surface area contributed by atoms with E-state index in [0.717, 1.165) is 5.56 Å². The Hall–Kier alpha value is -1.91. The molecule has 17 heavy (non-hydrogen) atoms. The second-order valence-electron chi connectivity index (χ2n) is 4.64. The third-order valence-corrected chi connectivity index (χ3v) is 3.14. The minimum atomic E-state index is -0.457. The van der Waals surface area contributed by atoms with Gasteiger partial charge in [-0.15, -0.1) is 0 Å². The molecule has 1 aromatic carbocycles. The van der Waals surface area contributed by atoms with Crippen LogP contribution in [0.2, 0.25) is 0 Å². The molecule has 0 aromatic heterocycles. The van der Waals surface area contributed by atoms with Crippen molar-refractivity contribution in [2.24, 2.45) is 11.8 Å². The number of anilines is 1. The molecule has 5 heteroatoms. The number of fused-ring (bicyclic) bond motifs is 1. The molecule has 5 nitrogen and oxygen atoms in total. The zero-order valence-corrected chi connectivity index (χ0v) is 9.77. The lowest BCUT2D eigenvalue weighted by Crippen LogP contribution is -2.33. The first kappa shape index (κ1) is 11.6. The van der Waals surface area contributed by atoms with Gasteiger partial charge in [-0.1, -0.05) is 19.9 Å². The summed E-state index contributed by atoms with van der Waals surface area (Å²) in [6.45, 7) is 4.00. The summed E-state index contributed by atoms with van der Waals surface area (Å²) in [5.74, 6) is 0.162. The lowest BCUT2D eigenvalue weighted by Gasteiger charge is -2.26. The van der Waals surface area contributed by atoms with E-state index >= 15 is 0 Å². The van der Waals surface area contributed by atoms with Gasteiger partial charge in [-0.3, -0.25) is 14.9 Å². The van der Waals surface area contributed by atoms with E-state index in [-0.39, 0.29) is 23.4 Å². The lowest BCUT2D eigenvalue weighted by molar-refractivity contribution is -0.384. The van der Waals surface area contributed by atoms with Gasteiger partial charge in [0, 0.05) is 18.1 Å². The van der Waals surface area contributed by atoms with Crippen LogP contribution in [0.4, 0.5) is 11.4 Å². The normalized spacial score (nSPS) is 18.8. The minimum absolute atomic E-state index is 0.00652. The number of nitrogens with zero attached hydrogens (tertiary/aromatic N) is 1. The minimum Gasteiger partial charge on any atom is -0.325 e. The van der Waals surface area contributed by atoms with Crippen molar-refractivity contribution in [1.29, 1.82) is 0 Å². The first-order valence-corrected chi connectivity index (χ1v) is 5.57. The number of carbonyl (C=O) groups is 1. The molecule has 90 valence electrons. The maximum absolute atomic E-state index is 11.8. The molecule has 0 saturated heterocycles. The lowest BCUT2D eigenvalue weighted by atomic mass is 9.85. The van der Waals surface area contributed by atoms with Gasteiger partial charge < -0.3 is 5.32 Å². The second-order valence-corrected chi connectivity index (χ2v) is 4.64. The second kappa shape index (κ2) is 4.16. The van der Waals surface area contributed by atoms with Crippen molar-refractivity contribution in [3.8, 4) is 0 Å². The van der Waals surface area contributed by atoms with Crippen molar-refractivity contribution in [2.75, 3.05) is 5.32 Å². The molecule has 0 bridgehead atoms. The van der Waals surface area contributed by atoms with Crippen LogP contribution in [0.25, 0.3) is 0 Å². The number of carbonyl (C=O) groups excluding carboxylic acids is 1. The predicted octanol–water partition coefficient (Wildman–Crippen LogP) is 2.36. The highest BCUT2D eigenvalue weighted by molar-refractivity contribution is 5.96. The predicted molar refractivity (Wildman–Crippen MR) is 63.8 cm³/mol. The Balaban J connectivity index is 2.35. The van der Waals surface area contributed by atoms with Crippen LogP contribution in [0.5, 0.6) is 0 Å². The Morgan fingerprint density at radius 2 is 2.18 bits per heavy atom. The zero-order chi connectivity index (χ0) is 12.6. The molecule has 1 unspecified atom stereocenters. The first-order valence-electron chi connectivity index (χ1n) is 5.57. The molecule has 1 aliphatic rings. The topological polar surface area (TPSA) is 72.2 Å². The number of hydrogen-bond acceptors (Lipinski definition) is 3. The van der Waals surface area contributed by atoms with Crippen molar-refractivity contribution in [3.63, 3.8) is 0 Å². The molecule has 2 rings (SSSR count). The van der Waals surface area contributed by atoms with Crippen LogP contribution in [0.3, 0.4) is 0 Å². The Bertz CT molecular complexity index is 483. The summed E-state index contributed by atoms with van der Waals surface area (Å²) in [7, 11) is 0. The molecule has 1 N–H and O–H groups in total. The van der Waals surface area contributed by atoms with Crippen molar-refractivity contribution < 1.29 is 9.72 Å². The first-order chi connectivity index (χ1) is 7.99. The largest absolute Gasteiger partial charge is 0.325 e. The van der Waals surface area contributed by atoms with Gasteiger partial charge in [0.15, 0.2) is 0 Å². The van der Waals surface area contributed by atoms with Crippen LogP contribution in [0.15, 0.2) is 18.2 Å². The molecule has 0 radical (unpaired) electrons. The molecule has 1 aromatic rings. The molecule has 1 atom stereocenters. The maximum atomic E-state index is 11.8. The van der Waals surface area contributed by atoms with Gasteiger partial charge in [-0.05, 0) is 17.9 Å². The third kappa shape index (κ3) is 2.13. The van der Waals surface area contributed by atoms with Crippen molar-refractivity contribution in [3.05, 3.63) is 33.9 Å². The molecule has 1 aliphatic heterocycles. The SMILES string of the molecule is CC(C)C1Cc2ccc([N+](=O)[O-])cc2NC1=O. The Labute approximate surface area is 99.0 Å². The smallest absolute Gasteiger partial charge is 0.271 e. The summed E-state index contributed by atoms with van der Waals surface area (Å²) in [5, 5.41) is 13.4. The van der Waals surface area contributed by atoms with Crippen LogP contribution in [-0.2, 0) is 11.2 Å². The molecule has 1 heterocycles. The van der Waals surface area contributed by atoms with Gasteiger partial charge in [0.05, 0.1) is 10.6 Å². The summed E-state index contributed by atoms with van der Waals surface area (Å²) in [4.78, 5) is 22.0. The molecule has 0 saturated carbocycles. The molecular weight excluding hydrogens is 220 g/mol. The Morgan fingerprint density at radius 3 is 2.76 bits per heavy atom. The number of nitrogens with one attached hydrogen (secondary N) is 1. The number of nitro groups is 1. The summed E-state index contributed by atoms with van der Waals surface area (Å²) < 4.78 is 0. The standard InChI is InChI=1S/C12H14N2O3/c1-7(2)10-5-8-3-4-9(14(16)17)6-11(8)13-12(10)15/h3-4,6-7,10H,5H2,1-2H3,(H,13,15). The number of rotatable bonds is 2. The molecular formula is C12H14N2O3. The third-order valence-electron chi connectivity index (χ3n) is 3.14. The molecule has 0 aliphatic carbocycles. The summed E-state index contributed by atoms with van der Waals surface area (Å²) in [6.07, 6.45) is 0.650. The average molecular weight is 234 g/mol. The highest BCUT2D eigenvalue weighted by atomic mass is 16.6. The maximum Gasteiger partial charge on any atom is 0.271 e. The van der Waals surface area contributed by atoms with Gasteiger partial charge in [-0.2, -0.15) is 0 Å². The van der Waals surface area contributed by atoms with Crippen LogP contribution < -0.4 is 5.32 Å². The van der Waals surface area contributed by atoms with E-state index in [1.54, 1.807) is 6.07 Å². The van der Waals surface area contributed by atoms with E-state index in [1.807, 2.05) is 13.8 Å². The fraction of sp³-hybridized carbons (Fsp3) is 0.417. The van der Waals surface area contributed by atoms with Crippen LogP contribution >= 0.6 is 0 Å². The quantitative estimate of drug-likeness (QED) is 0.630. The highest BCUT2D eigenvalue weighted by Gasteiger charge is 2.29. The summed E-state index contributed by atoms with van der Waals surface area (Å²) in [6, 6.07) is 4.62. The van der Waals surface area contributed by atoms with E-state index in [1.165, 1.54) is 12.1 Å². The Kier molecular flexibility index (Phi) is 2.83. The molecule has 0 fully saturated rings. The van der Waals surface area contributed by atoms with Crippen LogP contribution in [0.1, 0.15) is 19.4 Å². The summed E-state index contributed by atoms with van der Waals surface area (Å²) in [5.41, 5.74) is 1.54. The fourth-order valence-corrected chi connectivity index (χ4v) is 2.07. The average Bonchev–Trinajstić information content (AvgIpc) is 2.26. The van der Waals surface area contributed by atoms with E-state index in [0.29, 0.717) is 12.1 Å². The number of nitro benzene ring substituents is 1. The van der Waals surface area contributed by atoms with E-state index < -0.39 is 4.92 Å². The Morgan fingerprint density at radius 1 is 1.47 bits per heavy atom. The van der Waals surface area contributed by atoms with E-state index in [4.69, 9.17) is 0 Å². The van der Waals surface area contributed by atoms with Gasteiger partial charge in [0.25, 0.3) is 5.69 Å². The molecule has 1 amide bonds. The number of amides is 1. The van der Waals surface area contributed by atoms with Gasteiger partial charge in [0.1, 0.15) is 0 Å². The van der Waals surface area contributed by atoms with Crippen LogP contribution in [0, 0.1) is 22.0 Å². The molecule has 0 spiro atoms. The van der Waals surface area contributed by atoms with Crippen molar-refractivity contribution in [1.82, 2.24) is 0 Å². The number of non-ortho nitro benzene ring substituents is 1. The number of hydrogen-bond donors (Lipinski definition) is 1. The van der Waals surface area contributed by atoms with Gasteiger partial charge >= 0.3 is 0 Å². The van der Waals surface area contributed by atoms with E-state index in [2.05, 4.69) is 5.32 Å². The van der Waals surface area contributed by atoms with Crippen molar-refractivity contribution >= 4 is 17.3 Å². The van der Waals surface area contributed by atoms with E-state index in [9.17, 15) is 14.9 Å². The fourth-order valence-electron chi connectivity index (χ4n) is 2.07. The van der Waals surface area contributed by atoms with Crippen LogP contribution in [-0.4, -0.2) is 10.8 Å². The van der Waals surface area contributed by atoms with Crippen molar-refractivity contribution in [2.45, 2.75) is 20.3 Å².